The molecule has 106 valence electrons. The van der Waals surface area contributed by atoms with E-state index in [2.05, 4.69) is 27.7 Å². The molecule has 0 bridgehead atoms. The van der Waals surface area contributed by atoms with E-state index in [9.17, 15) is 0 Å². The van der Waals surface area contributed by atoms with E-state index in [1.807, 2.05) is 0 Å². The zero-order valence-corrected chi connectivity index (χ0v) is 12.7. The number of rotatable bonds is 3. The average Bonchev–Trinajstić information content (AvgIpc) is 2.38. The van der Waals surface area contributed by atoms with Gasteiger partial charge in [-0.1, -0.05) is 13.8 Å². The van der Waals surface area contributed by atoms with Crippen molar-refractivity contribution in [3.05, 3.63) is 22.8 Å². The highest BCUT2D eigenvalue weighted by atomic mass is 14.9. The summed E-state index contributed by atoms with van der Waals surface area (Å²) in [5.74, 6) is 3.31. The maximum Gasteiger partial charge on any atom is 0.131 e. The van der Waals surface area contributed by atoms with Crippen molar-refractivity contribution in [3.63, 3.8) is 0 Å². The molecule has 1 fully saturated rings. The Balaban J connectivity index is 2.12. The van der Waals surface area contributed by atoms with Gasteiger partial charge in [-0.15, -0.1) is 0 Å². The molecule has 1 heterocycles. The summed E-state index contributed by atoms with van der Waals surface area (Å²) in [6, 6.07) is 0. The third-order valence-corrected chi connectivity index (χ3v) is 4.72. The van der Waals surface area contributed by atoms with Crippen LogP contribution in [-0.2, 0) is 6.54 Å². The van der Waals surface area contributed by atoms with E-state index < -0.39 is 0 Å². The molecule has 0 spiro atoms. The third-order valence-electron chi connectivity index (χ3n) is 4.72. The number of nitrogens with zero attached hydrogens (tertiary/aromatic N) is 2. The summed E-state index contributed by atoms with van der Waals surface area (Å²) in [7, 11) is 0. The van der Waals surface area contributed by atoms with E-state index in [0.29, 0.717) is 12.5 Å². The fourth-order valence-corrected chi connectivity index (χ4v) is 3.29. The Labute approximate surface area is 117 Å². The fraction of sp³-hybridized carbons (Fsp3) is 0.750. The Hall–Kier alpha value is -0.960. The lowest BCUT2D eigenvalue weighted by Crippen LogP contribution is -2.20. The van der Waals surface area contributed by atoms with Crippen LogP contribution in [0.5, 0.6) is 0 Å². The molecule has 19 heavy (non-hydrogen) atoms. The summed E-state index contributed by atoms with van der Waals surface area (Å²) < 4.78 is 0. The fourth-order valence-electron chi connectivity index (χ4n) is 3.29. The van der Waals surface area contributed by atoms with Gasteiger partial charge in [0, 0.05) is 29.4 Å². The van der Waals surface area contributed by atoms with E-state index in [-0.39, 0.29) is 0 Å². The summed E-state index contributed by atoms with van der Waals surface area (Å²) in [5.41, 5.74) is 8.99. The Morgan fingerprint density at radius 2 is 1.58 bits per heavy atom. The first kappa shape index (κ1) is 14.4. The molecule has 0 aromatic carbocycles. The highest BCUT2D eigenvalue weighted by molar-refractivity contribution is 5.24. The van der Waals surface area contributed by atoms with Gasteiger partial charge in [0.15, 0.2) is 0 Å². The van der Waals surface area contributed by atoms with E-state index in [0.717, 1.165) is 34.6 Å². The van der Waals surface area contributed by atoms with Crippen LogP contribution in [-0.4, -0.2) is 9.97 Å². The number of nitrogens with two attached hydrogens (primary N) is 1. The Bertz CT molecular complexity index is 409. The average molecular weight is 261 g/mol. The first-order valence-electron chi connectivity index (χ1n) is 7.57. The van der Waals surface area contributed by atoms with Gasteiger partial charge >= 0.3 is 0 Å². The van der Waals surface area contributed by atoms with Gasteiger partial charge in [-0.25, -0.2) is 9.97 Å². The molecule has 0 radical (unpaired) electrons. The second kappa shape index (κ2) is 6.00. The van der Waals surface area contributed by atoms with Crippen molar-refractivity contribution in [1.29, 1.82) is 0 Å². The zero-order valence-electron chi connectivity index (χ0n) is 12.7. The number of aromatic nitrogens is 2. The summed E-state index contributed by atoms with van der Waals surface area (Å²) in [6.45, 7) is 9.33. The minimum absolute atomic E-state index is 0.540. The quantitative estimate of drug-likeness (QED) is 0.906. The van der Waals surface area contributed by atoms with Crippen molar-refractivity contribution in [1.82, 2.24) is 9.97 Å². The van der Waals surface area contributed by atoms with Crippen LogP contribution in [0.3, 0.4) is 0 Å². The van der Waals surface area contributed by atoms with Crippen molar-refractivity contribution in [2.75, 3.05) is 0 Å². The van der Waals surface area contributed by atoms with Crippen LogP contribution in [0.2, 0.25) is 0 Å². The Morgan fingerprint density at radius 1 is 1.05 bits per heavy atom. The molecule has 2 rings (SSSR count). The number of hydrogen-bond donors (Lipinski definition) is 1. The third kappa shape index (κ3) is 3.14. The molecule has 0 amide bonds. The van der Waals surface area contributed by atoms with Gasteiger partial charge in [0.05, 0.1) is 0 Å². The van der Waals surface area contributed by atoms with Crippen LogP contribution in [0.1, 0.15) is 68.2 Å². The molecule has 2 N–H and O–H groups in total. The predicted octanol–water partition coefficient (Wildman–Crippen LogP) is 3.48. The van der Waals surface area contributed by atoms with E-state index >= 15 is 0 Å². The summed E-state index contributed by atoms with van der Waals surface area (Å²) in [4.78, 5) is 9.41. The standard InChI is InChI=1S/C16H27N3/c1-10(2)13-5-7-14(8-6-13)16-18-11(3)15(9-17)12(4)19-16/h10,13-14H,5-9,17H2,1-4H3. The van der Waals surface area contributed by atoms with Crippen molar-refractivity contribution in [2.45, 2.75) is 65.8 Å². The van der Waals surface area contributed by atoms with Gasteiger partial charge in [0.2, 0.25) is 0 Å². The minimum Gasteiger partial charge on any atom is -0.326 e. The molecule has 0 atom stereocenters. The summed E-state index contributed by atoms with van der Waals surface area (Å²) >= 11 is 0. The Morgan fingerprint density at radius 3 is 2.00 bits per heavy atom. The molecule has 3 heteroatoms. The number of aryl methyl sites for hydroxylation is 2. The SMILES string of the molecule is Cc1nc(C2CCC(C(C)C)CC2)nc(C)c1CN. The van der Waals surface area contributed by atoms with Crippen molar-refractivity contribution < 1.29 is 0 Å². The lowest BCUT2D eigenvalue weighted by Gasteiger charge is -2.30. The summed E-state index contributed by atoms with van der Waals surface area (Å²) in [5, 5.41) is 0. The van der Waals surface area contributed by atoms with Crippen LogP contribution in [0.15, 0.2) is 0 Å². The lowest BCUT2D eigenvalue weighted by atomic mass is 9.76. The van der Waals surface area contributed by atoms with Gasteiger partial charge in [-0.3, -0.25) is 0 Å². The monoisotopic (exact) mass is 261 g/mol. The zero-order chi connectivity index (χ0) is 14.0. The molecule has 1 aliphatic rings. The van der Waals surface area contributed by atoms with E-state index in [1.165, 1.54) is 25.7 Å². The maximum atomic E-state index is 5.75. The normalized spacial score (nSPS) is 23.9. The van der Waals surface area contributed by atoms with Crippen LogP contribution >= 0.6 is 0 Å². The van der Waals surface area contributed by atoms with Crippen molar-refractivity contribution >= 4 is 0 Å². The predicted molar refractivity (Wildman–Crippen MR) is 78.9 cm³/mol. The molecule has 1 aromatic heterocycles. The van der Waals surface area contributed by atoms with E-state index in [4.69, 9.17) is 15.7 Å². The smallest absolute Gasteiger partial charge is 0.131 e. The first-order chi connectivity index (χ1) is 9.02. The van der Waals surface area contributed by atoms with Crippen LogP contribution in [0, 0.1) is 25.7 Å². The van der Waals surface area contributed by atoms with Gasteiger partial charge in [-0.2, -0.15) is 0 Å². The molecule has 3 nitrogen and oxygen atoms in total. The topological polar surface area (TPSA) is 51.8 Å². The highest BCUT2D eigenvalue weighted by Gasteiger charge is 2.26. The molecule has 1 aliphatic carbocycles. The molecule has 1 aromatic rings. The van der Waals surface area contributed by atoms with Crippen LogP contribution in [0.4, 0.5) is 0 Å². The second-order valence-electron chi connectivity index (χ2n) is 6.29. The van der Waals surface area contributed by atoms with Crippen molar-refractivity contribution in [2.24, 2.45) is 17.6 Å². The summed E-state index contributed by atoms with van der Waals surface area (Å²) in [6.07, 6.45) is 5.12. The molecule has 0 unspecified atom stereocenters. The van der Waals surface area contributed by atoms with Crippen LogP contribution in [0.25, 0.3) is 0 Å². The number of hydrogen-bond acceptors (Lipinski definition) is 3. The van der Waals surface area contributed by atoms with Gasteiger partial charge in [0.25, 0.3) is 0 Å². The highest BCUT2D eigenvalue weighted by Crippen LogP contribution is 2.37. The minimum atomic E-state index is 0.540. The largest absolute Gasteiger partial charge is 0.326 e. The molecular weight excluding hydrogens is 234 g/mol. The molecule has 0 saturated heterocycles. The Kier molecular flexibility index (Phi) is 4.56. The van der Waals surface area contributed by atoms with Gasteiger partial charge < -0.3 is 5.73 Å². The lowest BCUT2D eigenvalue weighted by molar-refractivity contribution is 0.254. The maximum absolute atomic E-state index is 5.75. The van der Waals surface area contributed by atoms with Crippen LogP contribution < -0.4 is 5.73 Å². The van der Waals surface area contributed by atoms with Gasteiger partial charge in [0.1, 0.15) is 5.82 Å². The van der Waals surface area contributed by atoms with Gasteiger partial charge in [-0.05, 0) is 51.4 Å². The van der Waals surface area contributed by atoms with E-state index in [1.54, 1.807) is 0 Å². The van der Waals surface area contributed by atoms with Crippen molar-refractivity contribution in [3.8, 4) is 0 Å². The second-order valence-corrected chi connectivity index (χ2v) is 6.29. The molecular formula is C16H27N3. The first-order valence-corrected chi connectivity index (χ1v) is 7.57. The molecule has 0 aliphatic heterocycles. The molecule has 1 saturated carbocycles.